The molecule has 112 valence electrons. The number of benzene rings is 1. The first-order valence-electron chi connectivity index (χ1n) is 7.87. The third-order valence-corrected chi connectivity index (χ3v) is 4.27. The van der Waals surface area contributed by atoms with Crippen molar-refractivity contribution in [3.8, 4) is 0 Å². The molecule has 3 rings (SSSR count). The first-order chi connectivity index (χ1) is 10.3. The van der Waals surface area contributed by atoms with Gasteiger partial charge in [0.15, 0.2) is 0 Å². The van der Waals surface area contributed by atoms with Crippen LogP contribution in [-0.2, 0) is 11.3 Å². The molecule has 1 fully saturated rings. The molecule has 0 bridgehead atoms. The zero-order valence-corrected chi connectivity index (χ0v) is 12.3. The van der Waals surface area contributed by atoms with Gasteiger partial charge in [-0.2, -0.15) is 0 Å². The average molecular weight is 285 g/mol. The van der Waals surface area contributed by atoms with Gasteiger partial charge >= 0.3 is 0 Å². The fourth-order valence-electron chi connectivity index (χ4n) is 3.03. The molecule has 0 aliphatic carbocycles. The molecule has 0 radical (unpaired) electrons. The summed E-state index contributed by atoms with van der Waals surface area (Å²) in [5, 5.41) is 7.65. The van der Waals surface area contributed by atoms with Crippen LogP contribution in [0.15, 0.2) is 36.5 Å². The Labute approximate surface area is 125 Å². The number of hydrogen-bond donors (Lipinski definition) is 2. The molecule has 2 aromatic rings. The Morgan fingerprint density at radius 1 is 1.24 bits per heavy atom. The predicted octanol–water partition coefficient (Wildman–Crippen LogP) is 2.15. The maximum Gasteiger partial charge on any atom is 0.223 e. The van der Waals surface area contributed by atoms with Gasteiger partial charge in [0.2, 0.25) is 5.91 Å². The molecule has 1 amide bonds. The smallest absolute Gasteiger partial charge is 0.223 e. The number of fused-ring (bicyclic) bond motifs is 1. The molecule has 21 heavy (non-hydrogen) atoms. The molecule has 1 aromatic heterocycles. The molecule has 1 aliphatic rings. The number of aromatic nitrogens is 1. The standard InChI is InChI=1S/C17H23N3O/c21-17(15-6-10-18-11-7-15)19-9-3-12-20-13-8-14-4-1-2-5-16(14)20/h1-2,4-5,8,13,15,18H,3,6-7,9-12H2,(H,19,21). The summed E-state index contributed by atoms with van der Waals surface area (Å²) in [6, 6.07) is 10.5. The summed E-state index contributed by atoms with van der Waals surface area (Å²) >= 11 is 0. The monoisotopic (exact) mass is 285 g/mol. The maximum atomic E-state index is 12.0. The number of nitrogens with zero attached hydrogens (tertiary/aromatic N) is 1. The summed E-state index contributed by atoms with van der Waals surface area (Å²) < 4.78 is 2.26. The first kappa shape index (κ1) is 14.1. The lowest BCUT2D eigenvalue weighted by atomic mass is 9.97. The van der Waals surface area contributed by atoms with E-state index in [2.05, 4.69) is 51.7 Å². The second-order valence-corrected chi connectivity index (χ2v) is 5.74. The fraction of sp³-hybridized carbons (Fsp3) is 0.471. The number of rotatable bonds is 5. The lowest BCUT2D eigenvalue weighted by Gasteiger charge is -2.21. The van der Waals surface area contributed by atoms with E-state index in [1.807, 2.05) is 0 Å². The second kappa shape index (κ2) is 6.76. The van der Waals surface area contributed by atoms with Crippen molar-refractivity contribution in [2.24, 2.45) is 5.92 Å². The summed E-state index contributed by atoms with van der Waals surface area (Å²) in [5.41, 5.74) is 1.27. The highest BCUT2D eigenvalue weighted by Crippen LogP contribution is 2.15. The molecule has 1 saturated heterocycles. The van der Waals surface area contributed by atoms with Gasteiger partial charge in [0, 0.05) is 30.7 Å². The van der Waals surface area contributed by atoms with Gasteiger partial charge in [0.25, 0.3) is 0 Å². The number of para-hydroxylation sites is 1. The molecule has 0 atom stereocenters. The summed E-state index contributed by atoms with van der Waals surface area (Å²) in [6.07, 6.45) is 5.02. The zero-order chi connectivity index (χ0) is 14.5. The van der Waals surface area contributed by atoms with Crippen molar-refractivity contribution < 1.29 is 4.79 Å². The van der Waals surface area contributed by atoms with Crippen LogP contribution in [0.5, 0.6) is 0 Å². The normalized spacial score (nSPS) is 16.2. The van der Waals surface area contributed by atoms with Crippen LogP contribution in [0.1, 0.15) is 19.3 Å². The van der Waals surface area contributed by atoms with Crippen molar-refractivity contribution in [1.82, 2.24) is 15.2 Å². The van der Waals surface area contributed by atoms with Crippen molar-refractivity contribution in [1.29, 1.82) is 0 Å². The van der Waals surface area contributed by atoms with E-state index < -0.39 is 0 Å². The number of carbonyl (C=O) groups excluding carboxylic acids is 1. The van der Waals surface area contributed by atoms with Crippen molar-refractivity contribution in [2.45, 2.75) is 25.8 Å². The Hall–Kier alpha value is -1.81. The van der Waals surface area contributed by atoms with Gasteiger partial charge in [-0.3, -0.25) is 4.79 Å². The quantitative estimate of drug-likeness (QED) is 0.827. The molecular weight excluding hydrogens is 262 g/mol. The molecule has 4 heteroatoms. The highest BCUT2D eigenvalue weighted by Gasteiger charge is 2.19. The minimum absolute atomic E-state index is 0.207. The Bertz CT molecular complexity index is 599. The summed E-state index contributed by atoms with van der Waals surface area (Å²) in [6.45, 7) is 3.64. The van der Waals surface area contributed by atoms with Crippen LogP contribution in [0.2, 0.25) is 0 Å². The molecule has 0 saturated carbocycles. The highest BCUT2D eigenvalue weighted by atomic mass is 16.1. The van der Waals surface area contributed by atoms with Crippen LogP contribution in [-0.4, -0.2) is 30.1 Å². The fourth-order valence-corrected chi connectivity index (χ4v) is 3.03. The average Bonchev–Trinajstić information content (AvgIpc) is 2.95. The van der Waals surface area contributed by atoms with Crippen molar-refractivity contribution in [3.05, 3.63) is 36.5 Å². The van der Waals surface area contributed by atoms with Gasteiger partial charge in [-0.1, -0.05) is 18.2 Å². The molecule has 4 nitrogen and oxygen atoms in total. The lowest BCUT2D eigenvalue weighted by Crippen LogP contribution is -2.38. The molecule has 0 unspecified atom stereocenters. The van der Waals surface area contributed by atoms with E-state index in [0.29, 0.717) is 0 Å². The Morgan fingerprint density at radius 2 is 2.05 bits per heavy atom. The van der Waals surface area contributed by atoms with Crippen molar-refractivity contribution >= 4 is 16.8 Å². The predicted molar refractivity (Wildman–Crippen MR) is 85.2 cm³/mol. The molecular formula is C17H23N3O. The van der Waals surface area contributed by atoms with Crippen LogP contribution >= 0.6 is 0 Å². The van der Waals surface area contributed by atoms with E-state index >= 15 is 0 Å². The van der Waals surface area contributed by atoms with Crippen LogP contribution < -0.4 is 10.6 Å². The minimum atomic E-state index is 0.207. The van der Waals surface area contributed by atoms with Gasteiger partial charge in [-0.15, -0.1) is 0 Å². The number of nitrogens with one attached hydrogen (secondary N) is 2. The Morgan fingerprint density at radius 3 is 2.90 bits per heavy atom. The lowest BCUT2D eigenvalue weighted by molar-refractivity contribution is -0.125. The van der Waals surface area contributed by atoms with Crippen LogP contribution in [0.3, 0.4) is 0 Å². The van der Waals surface area contributed by atoms with Crippen molar-refractivity contribution in [2.75, 3.05) is 19.6 Å². The van der Waals surface area contributed by atoms with E-state index in [1.165, 1.54) is 10.9 Å². The Balaban J connectivity index is 1.44. The number of aryl methyl sites for hydroxylation is 1. The van der Waals surface area contributed by atoms with Crippen LogP contribution in [0, 0.1) is 5.92 Å². The number of carbonyl (C=O) groups is 1. The van der Waals surface area contributed by atoms with Crippen molar-refractivity contribution in [3.63, 3.8) is 0 Å². The van der Waals surface area contributed by atoms with E-state index in [1.54, 1.807) is 0 Å². The van der Waals surface area contributed by atoms with E-state index in [9.17, 15) is 4.79 Å². The Kier molecular flexibility index (Phi) is 4.55. The molecule has 0 spiro atoms. The molecule has 2 N–H and O–H groups in total. The molecule has 2 heterocycles. The minimum Gasteiger partial charge on any atom is -0.356 e. The van der Waals surface area contributed by atoms with Crippen LogP contribution in [0.25, 0.3) is 10.9 Å². The van der Waals surface area contributed by atoms with Gasteiger partial charge in [0.05, 0.1) is 0 Å². The molecule has 1 aliphatic heterocycles. The van der Waals surface area contributed by atoms with E-state index in [0.717, 1.165) is 45.4 Å². The number of piperidine rings is 1. The summed E-state index contributed by atoms with van der Waals surface area (Å²) in [7, 11) is 0. The summed E-state index contributed by atoms with van der Waals surface area (Å²) in [5.74, 6) is 0.438. The van der Waals surface area contributed by atoms with Gasteiger partial charge < -0.3 is 15.2 Å². The number of amides is 1. The maximum absolute atomic E-state index is 12.0. The third kappa shape index (κ3) is 3.45. The summed E-state index contributed by atoms with van der Waals surface area (Å²) in [4.78, 5) is 12.0. The zero-order valence-electron chi connectivity index (χ0n) is 12.3. The van der Waals surface area contributed by atoms with Crippen LogP contribution in [0.4, 0.5) is 0 Å². The first-order valence-corrected chi connectivity index (χ1v) is 7.87. The topological polar surface area (TPSA) is 46.1 Å². The van der Waals surface area contributed by atoms with E-state index in [4.69, 9.17) is 0 Å². The molecule has 1 aromatic carbocycles. The second-order valence-electron chi connectivity index (χ2n) is 5.74. The SMILES string of the molecule is O=C(NCCCn1ccc2ccccc21)C1CCNCC1. The largest absolute Gasteiger partial charge is 0.356 e. The van der Waals surface area contributed by atoms with Gasteiger partial charge in [-0.25, -0.2) is 0 Å². The third-order valence-electron chi connectivity index (χ3n) is 4.27. The number of hydrogen-bond acceptors (Lipinski definition) is 2. The van der Waals surface area contributed by atoms with E-state index in [-0.39, 0.29) is 11.8 Å². The van der Waals surface area contributed by atoms with Gasteiger partial charge in [-0.05, 0) is 49.9 Å². The van der Waals surface area contributed by atoms with Gasteiger partial charge in [0.1, 0.15) is 0 Å². The highest BCUT2D eigenvalue weighted by molar-refractivity contribution is 5.80.